The normalized spacial score (nSPS) is 35.6. The van der Waals surface area contributed by atoms with Crippen molar-refractivity contribution in [2.75, 3.05) is 6.54 Å². The van der Waals surface area contributed by atoms with Gasteiger partial charge >= 0.3 is 0 Å². The summed E-state index contributed by atoms with van der Waals surface area (Å²) < 4.78 is 0. The molecule has 0 amide bonds. The van der Waals surface area contributed by atoms with Crippen molar-refractivity contribution in [3.8, 4) is 0 Å². The molecule has 0 heterocycles. The van der Waals surface area contributed by atoms with Crippen molar-refractivity contribution in [3.05, 3.63) is 0 Å². The van der Waals surface area contributed by atoms with Gasteiger partial charge in [-0.3, -0.25) is 0 Å². The van der Waals surface area contributed by atoms with Crippen LogP contribution in [0, 0.1) is 17.8 Å². The average Bonchev–Trinajstić information content (AvgIpc) is 2.99. The molecule has 82 valence electrons. The highest BCUT2D eigenvalue weighted by Crippen LogP contribution is 2.36. The Hall–Kier alpha value is -0.0400. The van der Waals surface area contributed by atoms with Crippen LogP contribution in [-0.4, -0.2) is 12.6 Å². The standard InChI is InChI=1S/C13H25N/c1-10-5-3-4-6-13(10)14-9-11(2)12-7-8-12/h10-14H,3-9H2,1-2H3. The third-order valence-electron chi connectivity index (χ3n) is 4.24. The van der Waals surface area contributed by atoms with Crippen molar-refractivity contribution < 1.29 is 0 Å². The lowest BCUT2D eigenvalue weighted by Crippen LogP contribution is -2.39. The van der Waals surface area contributed by atoms with Crippen LogP contribution in [0.1, 0.15) is 52.4 Å². The Balaban J connectivity index is 1.67. The highest BCUT2D eigenvalue weighted by atomic mass is 14.9. The highest BCUT2D eigenvalue weighted by molar-refractivity contribution is 4.83. The van der Waals surface area contributed by atoms with E-state index in [1.165, 1.54) is 45.1 Å². The first-order valence-electron chi connectivity index (χ1n) is 6.50. The first kappa shape index (κ1) is 10.5. The zero-order chi connectivity index (χ0) is 9.97. The predicted octanol–water partition coefficient (Wildman–Crippen LogP) is 3.20. The fourth-order valence-electron chi connectivity index (χ4n) is 2.79. The van der Waals surface area contributed by atoms with Crippen molar-refractivity contribution in [2.45, 2.75) is 58.4 Å². The van der Waals surface area contributed by atoms with Crippen molar-refractivity contribution in [1.29, 1.82) is 0 Å². The number of nitrogens with one attached hydrogen (secondary N) is 1. The lowest BCUT2D eigenvalue weighted by Gasteiger charge is -2.30. The van der Waals surface area contributed by atoms with Crippen LogP contribution in [0.5, 0.6) is 0 Å². The number of hydrogen-bond donors (Lipinski definition) is 1. The maximum Gasteiger partial charge on any atom is 0.00928 e. The molecule has 14 heavy (non-hydrogen) atoms. The van der Waals surface area contributed by atoms with Crippen molar-refractivity contribution in [2.24, 2.45) is 17.8 Å². The van der Waals surface area contributed by atoms with E-state index in [4.69, 9.17) is 0 Å². The lowest BCUT2D eigenvalue weighted by molar-refractivity contribution is 0.266. The number of rotatable bonds is 4. The molecule has 2 saturated carbocycles. The summed E-state index contributed by atoms with van der Waals surface area (Å²) in [6.45, 7) is 6.09. The Bertz CT molecular complexity index is 174. The summed E-state index contributed by atoms with van der Waals surface area (Å²) in [5.41, 5.74) is 0. The third-order valence-corrected chi connectivity index (χ3v) is 4.24. The molecule has 0 aromatic heterocycles. The maximum absolute atomic E-state index is 3.79. The quantitative estimate of drug-likeness (QED) is 0.726. The predicted molar refractivity (Wildman–Crippen MR) is 61.3 cm³/mol. The summed E-state index contributed by atoms with van der Waals surface area (Å²) in [4.78, 5) is 0. The lowest BCUT2D eigenvalue weighted by atomic mass is 9.85. The third kappa shape index (κ3) is 2.73. The van der Waals surface area contributed by atoms with Gasteiger partial charge in [-0.25, -0.2) is 0 Å². The van der Waals surface area contributed by atoms with E-state index < -0.39 is 0 Å². The maximum atomic E-state index is 3.79. The van der Waals surface area contributed by atoms with Crippen LogP contribution in [0.2, 0.25) is 0 Å². The minimum atomic E-state index is 0.824. The van der Waals surface area contributed by atoms with Gasteiger partial charge in [0.05, 0.1) is 0 Å². The van der Waals surface area contributed by atoms with Gasteiger partial charge in [0.1, 0.15) is 0 Å². The minimum absolute atomic E-state index is 0.824. The van der Waals surface area contributed by atoms with E-state index in [2.05, 4.69) is 19.2 Å². The smallest absolute Gasteiger partial charge is 0.00928 e. The summed E-state index contributed by atoms with van der Waals surface area (Å²) in [7, 11) is 0. The van der Waals surface area contributed by atoms with E-state index in [9.17, 15) is 0 Å². The molecule has 0 spiro atoms. The van der Waals surface area contributed by atoms with Crippen LogP contribution >= 0.6 is 0 Å². The Labute approximate surface area is 88.7 Å². The molecule has 1 heteroatoms. The monoisotopic (exact) mass is 195 g/mol. The largest absolute Gasteiger partial charge is 0.313 e. The van der Waals surface area contributed by atoms with Gasteiger partial charge in [0.15, 0.2) is 0 Å². The van der Waals surface area contributed by atoms with Gasteiger partial charge in [0.25, 0.3) is 0 Å². The van der Waals surface area contributed by atoms with Crippen LogP contribution in [0.3, 0.4) is 0 Å². The average molecular weight is 195 g/mol. The van der Waals surface area contributed by atoms with E-state index in [0.717, 1.165) is 23.8 Å². The summed E-state index contributed by atoms with van der Waals surface area (Å²) in [6, 6.07) is 0.824. The molecule has 2 fully saturated rings. The van der Waals surface area contributed by atoms with Crippen LogP contribution in [0.15, 0.2) is 0 Å². The van der Waals surface area contributed by atoms with Gasteiger partial charge in [0.2, 0.25) is 0 Å². The van der Waals surface area contributed by atoms with Crippen LogP contribution in [0.4, 0.5) is 0 Å². The van der Waals surface area contributed by atoms with Crippen molar-refractivity contribution in [1.82, 2.24) is 5.32 Å². The molecule has 0 aliphatic heterocycles. The molecule has 3 atom stereocenters. The van der Waals surface area contributed by atoms with Crippen molar-refractivity contribution >= 4 is 0 Å². The van der Waals surface area contributed by atoms with Gasteiger partial charge < -0.3 is 5.32 Å². The van der Waals surface area contributed by atoms with Gasteiger partial charge in [-0.15, -0.1) is 0 Å². The molecule has 3 unspecified atom stereocenters. The number of hydrogen-bond acceptors (Lipinski definition) is 1. The zero-order valence-corrected chi connectivity index (χ0v) is 9.76. The Morgan fingerprint density at radius 3 is 2.50 bits per heavy atom. The molecule has 0 radical (unpaired) electrons. The summed E-state index contributed by atoms with van der Waals surface area (Å²) in [5, 5.41) is 3.79. The van der Waals surface area contributed by atoms with E-state index in [1.807, 2.05) is 0 Å². The van der Waals surface area contributed by atoms with E-state index in [-0.39, 0.29) is 0 Å². The summed E-state index contributed by atoms with van der Waals surface area (Å²) >= 11 is 0. The van der Waals surface area contributed by atoms with Gasteiger partial charge in [-0.05, 0) is 50.0 Å². The molecule has 0 aromatic carbocycles. The molecular formula is C13H25N. The SMILES string of the molecule is CC(CNC1CCCCC1C)C1CC1. The Morgan fingerprint density at radius 1 is 1.14 bits per heavy atom. The highest BCUT2D eigenvalue weighted by Gasteiger charge is 2.29. The molecule has 2 aliphatic carbocycles. The Morgan fingerprint density at radius 2 is 1.86 bits per heavy atom. The molecule has 2 aliphatic rings. The molecular weight excluding hydrogens is 170 g/mol. The summed E-state index contributed by atoms with van der Waals surface area (Å²) in [5.74, 6) is 2.89. The second kappa shape index (κ2) is 4.65. The molecule has 2 rings (SSSR count). The van der Waals surface area contributed by atoms with Crippen molar-refractivity contribution in [3.63, 3.8) is 0 Å². The van der Waals surface area contributed by atoms with Gasteiger partial charge in [0, 0.05) is 6.04 Å². The molecule has 0 aromatic rings. The van der Waals surface area contributed by atoms with Crippen LogP contribution in [-0.2, 0) is 0 Å². The van der Waals surface area contributed by atoms with E-state index >= 15 is 0 Å². The van der Waals surface area contributed by atoms with E-state index in [0.29, 0.717) is 0 Å². The second-order valence-corrected chi connectivity index (χ2v) is 5.59. The van der Waals surface area contributed by atoms with Crippen LogP contribution in [0.25, 0.3) is 0 Å². The fraction of sp³-hybridized carbons (Fsp3) is 1.00. The minimum Gasteiger partial charge on any atom is -0.313 e. The summed E-state index contributed by atoms with van der Waals surface area (Å²) in [6.07, 6.45) is 8.73. The van der Waals surface area contributed by atoms with Crippen LogP contribution < -0.4 is 5.32 Å². The van der Waals surface area contributed by atoms with E-state index in [1.54, 1.807) is 0 Å². The molecule has 0 bridgehead atoms. The van der Waals surface area contributed by atoms with Gasteiger partial charge in [-0.1, -0.05) is 26.7 Å². The first-order valence-corrected chi connectivity index (χ1v) is 6.50. The Kier molecular flexibility index (Phi) is 3.48. The molecule has 0 saturated heterocycles. The fourth-order valence-corrected chi connectivity index (χ4v) is 2.79. The van der Waals surface area contributed by atoms with Gasteiger partial charge in [-0.2, -0.15) is 0 Å². The molecule has 1 nitrogen and oxygen atoms in total. The topological polar surface area (TPSA) is 12.0 Å². The first-order chi connectivity index (χ1) is 6.77. The zero-order valence-electron chi connectivity index (χ0n) is 9.76. The second-order valence-electron chi connectivity index (χ2n) is 5.59. The molecule has 1 N–H and O–H groups in total.